The molecule has 0 saturated heterocycles. The molecular formula is C38H39CoN10O7-. The number of aromatic nitrogens is 2. The predicted octanol–water partition coefficient (Wildman–Crippen LogP) is 9.16. The summed E-state index contributed by atoms with van der Waals surface area (Å²) in [5, 5.41) is 57.0. The number of aliphatic imine (C=N–C) groups is 1. The number of unbranched alkanes of at least 4 members (excludes halogenated alkanes) is 2. The second-order valence-electron chi connectivity index (χ2n) is 11.8. The molecule has 4 aromatic rings. The van der Waals surface area contributed by atoms with Gasteiger partial charge in [-0.05, 0) is 80.7 Å². The monoisotopic (exact) mass is 806 g/mol. The first-order chi connectivity index (χ1) is 26.3. The quantitative estimate of drug-likeness (QED) is 0.0434. The van der Waals surface area contributed by atoms with Crippen LogP contribution >= 0.6 is 0 Å². The van der Waals surface area contributed by atoms with Gasteiger partial charge in [0, 0.05) is 35.4 Å². The molecule has 0 saturated carbocycles. The molecule has 0 atom stereocenters. The fraction of sp³-hybridized carbons (Fsp3) is 0.289. The van der Waals surface area contributed by atoms with E-state index in [1.165, 1.54) is 48.9 Å². The van der Waals surface area contributed by atoms with Gasteiger partial charge in [-0.1, -0.05) is 26.7 Å². The number of methoxy groups -OCH3 is 1. The number of ether oxygens (including phenoxy) is 1. The molecule has 0 aliphatic carbocycles. The van der Waals surface area contributed by atoms with Crippen molar-refractivity contribution in [3.05, 3.63) is 114 Å². The van der Waals surface area contributed by atoms with Gasteiger partial charge in [-0.3, -0.25) is 28.8 Å². The van der Waals surface area contributed by atoms with Crippen LogP contribution in [0.4, 0.5) is 39.8 Å². The zero-order valence-electron chi connectivity index (χ0n) is 31.4. The van der Waals surface area contributed by atoms with Gasteiger partial charge in [0.25, 0.3) is 16.8 Å². The Morgan fingerprint density at radius 2 is 1.59 bits per heavy atom. The molecule has 0 bridgehead atoms. The van der Waals surface area contributed by atoms with E-state index in [2.05, 4.69) is 49.7 Å². The van der Waals surface area contributed by atoms with E-state index in [0.29, 0.717) is 36.2 Å². The van der Waals surface area contributed by atoms with Gasteiger partial charge in [-0.2, -0.15) is 28.9 Å². The maximum Gasteiger partial charge on any atom is 0.271 e. The molecule has 0 aliphatic heterocycles. The van der Waals surface area contributed by atoms with Gasteiger partial charge in [0.1, 0.15) is 34.4 Å². The van der Waals surface area contributed by atoms with E-state index in [1.54, 1.807) is 13.0 Å². The topological polar surface area (TPSA) is 227 Å². The summed E-state index contributed by atoms with van der Waals surface area (Å²) >= 11 is 0. The summed E-state index contributed by atoms with van der Waals surface area (Å²) in [7, 11) is 1.40. The van der Waals surface area contributed by atoms with E-state index < -0.39 is 16.0 Å². The number of aromatic hydroxyl groups is 2. The molecular weight excluding hydrogens is 767 g/mol. The summed E-state index contributed by atoms with van der Waals surface area (Å²) in [5.74, 6) is 2.08. The molecule has 56 heavy (non-hydrogen) atoms. The smallest absolute Gasteiger partial charge is 0.271 e. The zero-order valence-corrected chi connectivity index (χ0v) is 32.4. The normalized spacial score (nSPS) is 10.5. The summed E-state index contributed by atoms with van der Waals surface area (Å²) in [4.78, 5) is 42.6. The van der Waals surface area contributed by atoms with Crippen LogP contribution in [-0.2, 0) is 29.9 Å². The number of phenolic OH excluding ortho intramolecular Hbond substituents is 1. The van der Waals surface area contributed by atoms with Crippen LogP contribution in [-0.4, -0.2) is 37.3 Å². The van der Waals surface area contributed by atoms with Gasteiger partial charge in [0.2, 0.25) is 17.4 Å². The summed E-state index contributed by atoms with van der Waals surface area (Å²) in [5.41, 5.74) is 0.715. The molecule has 0 unspecified atom stereocenters. The third-order valence-corrected chi connectivity index (χ3v) is 8.11. The molecule has 0 spiro atoms. The molecule has 2 aromatic carbocycles. The van der Waals surface area contributed by atoms with Crippen LogP contribution < -0.4 is 15.9 Å². The van der Waals surface area contributed by atoms with Crippen LogP contribution in [0.25, 0.3) is 4.85 Å². The Balaban J connectivity index is 0.000000380. The van der Waals surface area contributed by atoms with Crippen molar-refractivity contribution in [1.29, 1.82) is 5.26 Å². The van der Waals surface area contributed by atoms with Crippen molar-refractivity contribution in [2.45, 2.75) is 66.5 Å². The second-order valence-corrected chi connectivity index (χ2v) is 11.8. The molecule has 1 radical (unpaired) electrons. The van der Waals surface area contributed by atoms with Crippen LogP contribution in [0.3, 0.4) is 0 Å². The predicted molar refractivity (Wildman–Crippen MR) is 207 cm³/mol. The first kappa shape index (κ1) is 45.3. The fourth-order valence-electron chi connectivity index (χ4n) is 5.06. The van der Waals surface area contributed by atoms with E-state index >= 15 is 0 Å². The Morgan fingerprint density at radius 1 is 0.964 bits per heavy atom. The van der Waals surface area contributed by atoms with Crippen molar-refractivity contribution < 1.29 is 36.7 Å². The van der Waals surface area contributed by atoms with Crippen molar-refractivity contribution in [2.75, 3.05) is 7.11 Å². The van der Waals surface area contributed by atoms with Gasteiger partial charge in [0.15, 0.2) is 0 Å². The minimum absolute atomic E-state index is 0. The molecule has 2 aromatic heterocycles. The van der Waals surface area contributed by atoms with Crippen LogP contribution in [0.2, 0.25) is 0 Å². The molecule has 2 N–H and O–H groups in total. The molecule has 18 heteroatoms. The van der Waals surface area contributed by atoms with Gasteiger partial charge >= 0.3 is 0 Å². The summed E-state index contributed by atoms with van der Waals surface area (Å²) in [6.45, 7) is 22.1. The Hall–Kier alpha value is -6.85. The number of azo groups is 2. The number of hydrogen-bond donors (Lipinski definition) is 2. The molecule has 2 heterocycles. The largest absolute Gasteiger partial charge is 0.506 e. The SMILES string of the molecule is [C-]#[N+]c1c(C)c(N=Nc2cc(N=C=C)ccc2O)c(O)n(CCCC)c1=O.[CH2-]c1ccc([N+](=O)[O-])cc1N=Nc1c(C)c(C#N)c(=O)n(CCCC)c1OC.[Co]. The van der Waals surface area contributed by atoms with E-state index in [4.69, 9.17) is 11.3 Å². The summed E-state index contributed by atoms with van der Waals surface area (Å²) < 4.78 is 7.88. The van der Waals surface area contributed by atoms with Crippen LogP contribution in [0.15, 0.2) is 78.0 Å². The van der Waals surface area contributed by atoms with E-state index in [-0.39, 0.29) is 86.1 Å². The minimum Gasteiger partial charge on any atom is -0.506 e. The molecule has 0 fully saturated rings. The molecule has 0 aliphatic rings. The number of rotatable bonds is 13. The first-order valence-corrected chi connectivity index (χ1v) is 16.8. The van der Waals surface area contributed by atoms with Crippen molar-refractivity contribution >= 4 is 45.7 Å². The third-order valence-electron chi connectivity index (χ3n) is 8.11. The van der Waals surface area contributed by atoms with Gasteiger partial charge < -0.3 is 14.9 Å². The number of benzene rings is 2. The Labute approximate surface area is 332 Å². The van der Waals surface area contributed by atoms with Crippen LogP contribution in [0, 0.1) is 48.8 Å². The maximum absolute atomic E-state index is 12.6. The third kappa shape index (κ3) is 10.4. The number of nitriles is 1. The minimum atomic E-state index is -0.558. The average Bonchev–Trinajstić information content (AvgIpc) is 3.16. The van der Waals surface area contributed by atoms with Crippen LogP contribution in [0.5, 0.6) is 17.5 Å². The molecule has 4 rings (SSSR count). The number of nitro benzene ring substituents is 1. The number of pyridine rings is 2. The van der Waals surface area contributed by atoms with E-state index in [0.717, 1.165) is 17.4 Å². The standard InChI is InChI=1S/C19H20N5O4.C19H19N5O3.Co/c1-5-6-9-23-18(25)15(11-20)13(3)17(19(23)28-4)22-21-16-10-14(24(26)27)8-7-12(16)2;1-5-7-10-24-18(26)16(20-4)12(3)17(19(24)27)23-22-14-11-13(21-6-2)8-9-15(14)25;/h7-8,10H,2,5-6,9H2,1,3-4H3;8-9,11,25,27H,2,5,7,10H2,1,3H3;/q-1;;. The number of nitrogens with zero attached hydrogens (tertiary/aromatic N) is 10. The van der Waals surface area contributed by atoms with Gasteiger partial charge in [-0.15, -0.1) is 10.2 Å². The van der Waals surface area contributed by atoms with Crippen molar-refractivity contribution in [3.8, 4) is 23.6 Å². The Kier molecular flexibility index (Phi) is 17.1. The van der Waals surface area contributed by atoms with Crippen molar-refractivity contribution in [3.63, 3.8) is 0 Å². The summed E-state index contributed by atoms with van der Waals surface area (Å²) in [6.07, 6.45) is 3.04. The van der Waals surface area contributed by atoms with Crippen molar-refractivity contribution in [2.24, 2.45) is 25.4 Å². The maximum atomic E-state index is 12.6. The molecule has 17 nitrogen and oxygen atoms in total. The Morgan fingerprint density at radius 3 is 2.16 bits per heavy atom. The fourth-order valence-corrected chi connectivity index (χ4v) is 5.06. The van der Waals surface area contributed by atoms with Crippen molar-refractivity contribution in [1.82, 2.24) is 9.13 Å². The van der Waals surface area contributed by atoms with Gasteiger partial charge in [0.05, 0.1) is 24.3 Å². The Bertz CT molecular complexity index is 2420. The van der Waals surface area contributed by atoms with Crippen LogP contribution in [0.1, 0.15) is 61.8 Å². The number of nitro groups is 1. The first-order valence-electron chi connectivity index (χ1n) is 16.8. The number of phenols is 1. The number of non-ortho nitro benzene ring substituents is 1. The second kappa shape index (κ2) is 21.1. The average molecular weight is 807 g/mol. The molecule has 0 amide bonds. The van der Waals surface area contributed by atoms with E-state index in [1.807, 2.05) is 19.9 Å². The molecule has 293 valence electrons. The van der Waals surface area contributed by atoms with Gasteiger partial charge in [-0.25, -0.2) is 15.0 Å². The summed E-state index contributed by atoms with van der Waals surface area (Å²) in [6, 6.07) is 10.4. The van der Waals surface area contributed by atoms with E-state index in [9.17, 15) is 35.2 Å². The number of hydrogen-bond acceptors (Lipinski definition) is 13. The zero-order chi connectivity index (χ0) is 40.8.